The first kappa shape index (κ1) is 12.7. The van der Waals surface area contributed by atoms with E-state index in [1.54, 1.807) is 12.1 Å². The van der Waals surface area contributed by atoms with Crippen LogP contribution < -0.4 is 0 Å². The van der Waals surface area contributed by atoms with E-state index in [4.69, 9.17) is 0 Å². The van der Waals surface area contributed by atoms with Gasteiger partial charge in [0, 0.05) is 5.56 Å². The predicted octanol–water partition coefficient (Wildman–Crippen LogP) is 3.02. The highest BCUT2D eigenvalue weighted by Crippen LogP contribution is 2.30. The minimum absolute atomic E-state index is 0.667. The summed E-state index contributed by atoms with van der Waals surface area (Å²) in [5, 5.41) is 0. The Morgan fingerprint density at radius 2 is 1.37 bits per heavy atom. The Morgan fingerprint density at radius 3 is 2.00 bits per heavy atom. The highest BCUT2D eigenvalue weighted by atomic mass is 16.1. The van der Waals surface area contributed by atoms with Crippen molar-refractivity contribution in [1.29, 1.82) is 0 Å². The van der Waals surface area contributed by atoms with Gasteiger partial charge in [-0.1, -0.05) is 54.6 Å². The third-order valence-corrected chi connectivity index (χ3v) is 2.67. The maximum atomic E-state index is 10.4. The smallest absolute Gasteiger partial charge is 0.211 e. The zero-order valence-corrected chi connectivity index (χ0v) is 9.98. The summed E-state index contributed by atoms with van der Waals surface area (Å²) >= 11 is 0. The van der Waals surface area contributed by atoms with E-state index in [2.05, 4.69) is 9.98 Å². The Kier molecular flexibility index (Phi) is 4.14. The number of carbonyl (C=O) groups excluding carboxylic acids is 2. The molecule has 0 amide bonds. The van der Waals surface area contributed by atoms with E-state index in [1.807, 2.05) is 42.5 Å². The van der Waals surface area contributed by atoms with Crippen molar-refractivity contribution in [3.63, 3.8) is 0 Å². The number of isocyanates is 2. The number of hydrogen-bond acceptors (Lipinski definition) is 4. The molecule has 92 valence electrons. The molecular weight excluding hydrogens is 240 g/mol. The van der Waals surface area contributed by atoms with Crippen molar-refractivity contribution in [2.45, 2.75) is 6.17 Å². The fourth-order valence-electron chi connectivity index (χ4n) is 1.87. The molecule has 0 aliphatic heterocycles. The second kappa shape index (κ2) is 6.22. The molecule has 0 N–H and O–H groups in total. The van der Waals surface area contributed by atoms with Gasteiger partial charge in [0.2, 0.25) is 12.2 Å². The van der Waals surface area contributed by atoms with Gasteiger partial charge in [0.1, 0.15) is 0 Å². The summed E-state index contributed by atoms with van der Waals surface area (Å²) in [7, 11) is 0. The molecule has 0 atom stereocenters. The summed E-state index contributed by atoms with van der Waals surface area (Å²) in [4.78, 5) is 27.9. The first-order valence-corrected chi connectivity index (χ1v) is 5.65. The van der Waals surface area contributed by atoms with Crippen LogP contribution in [-0.4, -0.2) is 12.2 Å². The Hall–Kier alpha value is -2.80. The summed E-state index contributed by atoms with van der Waals surface area (Å²) < 4.78 is 0. The van der Waals surface area contributed by atoms with Crippen LogP contribution in [0.2, 0.25) is 0 Å². The molecule has 0 unspecified atom stereocenters. The highest BCUT2D eigenvalue weighted by molar-refractivity contribution is 5.68. The van der Waals surface area contributed by atoms with E-state index in [1.165, 1.54) is 12.2 Å². The van der Waals surface area contributed by atoms with Crippen molar-refractivity contribution in [1.82, 2.24) is 0 Å². The van der Waals surface area contributed by atoms with E-state index in [0.29, 0.717) is 5.56 Å². The lowest BCUT2D eigenvalue weighted by Gasteiger charge is -2.11. The Balaban J connectivity index is 2.58. The van der Waals surface area contributed by atoms with Crippen LogP contribution in [0.3, 0.4) is 0 Å². The minimum Gasteiger partial charge on any atom is -0.211 e. The van der Waals surface area contributed by atoms with E-state index < -0.39 is 6.17 Å². The van der Waals surface area contributed by atoms with E-state index in [0.717, 1.165) is 11.1 Å². The maximum Gasteiger partial charge on any atom is 0.237 e. The molecule has 2 rings (SSSR count). The zero-order chi connectivity index (χ0) is 13.5. The van der Waals surface area contributed by atoms with E-state index >= 15 is 0 Å². The molecule has 0 aliphatic carbocycles. The molecule has 4 heteroatoms. The standard InChI is InChI=1S/C15H10N2O2/c18-10-16-15(17-11-19)14-9-5-4-8-13(14)12-6-2-1-3-7-12/h1-9,15H. The molecule has 2 aromatic rings. The van der Waals surface area contributed by atoms with Crippen LogP contribution in [-0.2, 0) is 9.59 Å². The molecule has 0 aliphatic rings. The largest absolute Gasteiger partial charge is 0.237 e. The molecule has 4 nitrogen and oxygen atoms in total. The number of hydrogen-bond donors (Lipinski definition) is 0. The molecule has 0 saturated heterocycles. The van der Waals surface area contributed by atoms with Crippen molar-refractivity contribution in [3.05, 3.63) is 60.2 Å². The van der Waals surface area contributed by atoms with Crippen LogP contribution in [0.25, 0.3) is 11.1 Å². The van der Waals surface area contributed by atoms with Crippen molar-refractivity contribution < 1.29 is 9.59 Å². The van der Waals surface area contributed by atoms with Crippen molar-refractivity contribution in [3.8, 4) is 11.1 Å². The Morgan fingerprint density at radius 1 is 0.789 bits per heavy atom. The molecule has 0 bridgehead atoms. The summed E-state index contributed by atoms with van der Waals surface area (Å²) in [6, 6.07) is 16.9. The number of aliphatic imine (C=N–C) groups is 2. The van der Waals surface area contributed by atoms with Gasteiger partial charge in [-0.15, -0.1) is 0 Å². The summed E-state index contributed by atoms with van der Waals surface area (Å²) in [6.45, 7) is 0. The van der Waals surface area contributed by atoms with Gasteiger partial charge in [-0.05, 0) is 11.1 Å². The summed E-state index contributed by atoms with van der Waals surface area (Å²) in [5.74, 6) is 0. The van der Waals surface area contributed by atoms with Crippen molar-refractivity contribution in [2.24, 2.45) is 9.98 Å². The van der Waals surface area contributed by atoms with Gasteiger partial charge >= 0.3 is 0 Å². The normalized spacial score (nSPS) is 10.9. The SMILES string of the molecule is O=C=NC(N=C=O)c1ccccc1-c1ccccc1. The maximum absolute atomic E-state index is 10.4. The van der Waals surface area contributed by atoms with Crippen LogP contribution in [0.1, 0.15) is 11.7 Å². The predicted molar refractivity (Wildman–Crippen MR) is 70.9 cm³/mol. The highest BCUT2D eigenvalue weighted by Gasteiger charge is 2.13. The molecule has 0 heterocycles. The van der Waals surface area contributed by atoms with Gasteiger partial charge in [0.15, 0.2) is 6.17 Å². The fourth-order valence-corrected chi connectivity index (χ4v) is 1.87. The van der Waals surface area contributed by atoms with Crippen molar-refractivity contribution >= 4 is 12.2 Å². The van der Waals surface area contributed by atoms with Crippen LogP contribution in [0.4, 0.5) is 0 Å². The molecule has 0 fully saturated rings. The quantitative estimate of drug-likeness (QED) is 0.618. The fraction of sp³-hybridized carbons (Fsp3) is 0.0667. The van der Waals surface area contributed by atoms with Gasteiger partial charge < -0.3 is 0 Å². The number of nitrogens with zero attached hydrogens (tertiary/aromatic N) is 2. The molecule has 0 radical (unpaired) electrons. The van der Waals surface area contributed by atoms with Crippen LogP contribution in [0.15, 0.2) is 64.6 Å². The average Bonchev–Trinajstić information content (AvgIpc) is 2.48. The van der Waals surface area contributed by atoms with Crippen LogP contribution in [0.5, 0.6) is 0 Å². The molecular formula is C15H10N2O2. The second-order valence-electron chi connectivity index (χ2n) is 3.77. The van der Waals surface area contributed by atoms with E-state index in [9.17, 15) is 9.59 Å². The molecule has 0 aromatic heterocycles. The van der Waals surface area contributed by atoms with Crippen LogP contribution in [0, 0.1) is 0 Å². The number of rotatable bonds is 4. The Labute approximate surface area is 110 Å². The molecule has 19 heavy (non-hydrogen) atoms. The topological polar surface area (TPSA) is 58.9 Å². The van der Waals surface area contributed by atoms with Gasteiger partial charge in [0.05, 0.1) is 0 Å². The zero-order valence-electron chi connectivity index (χ0n) is 9.98. The van der Waals surface area contributed by atoms with Gasteiger partial charge in [-0.2, -0.15) is 9.98 Å². The molecule has 0 saturated carbocycles. The monoisotopic (exact) mass is 250 g/mol. The van der Waals surface area contributed by atoms with Crippen molar-refractivity contribution in [2.75, 3.05) is 0 Å². The lowest BCUT2D eigenvalue weighted by molar-refractivity contribution is 0.552. The van der Waals surface area contributed by atoms with Crippen LogP contribution >= 0.6 is 0 Å². The summed E-state index contributed by atoms with van der Waals surface area (Å²) in [6.07, 6.45) is 1.97. The van der Waals surface area contributed by atoms with Gasteiger partial charge in [-0.25, -0.2) is 9.59 Å². The lowest BCUT2D eigenvalue weighted by Crippen LogP contribution is -1.95. The first-order chi connectivity index (χ1) is 9.36. The minimum atomic E-state index is -0.897. The summed E-state index contributed by atoms with van der Waals surface area (Å²) in [5.41, 5.74) is 2.50. The van der Waals surface area contributed by atoms with Gasteiger partial charge in [-0.3, -0.25) is 0 Å². The second-order valence-corrected chi connectivity index (χ2v) is 3.77. The van der Waals surface area contributed by atoms with Gasteiger partial charge in [0.25, 0.3) is 0 Å². The third kappa shape index (κ3) is 2.90. The Bertz CT molecular complexity index is 637. The third-order valence-electron chi connectivity index (χ3n) is 2.67. The molecule has 0 spiro atoms. The van der Waals surface area contributed by atoms with E-state index in [-0.39, 0.29) is 0 Å². The lowest BCUT2D eigenvalue weighted by atomic mass is 9.98. The average molecular weight is 250 g/mol. The first-order valence-electron chi connectivity index (χ1n) is 5.65. The molecule has 2 aromatic carbocycles. The number of benzene rings is 2.